The van der Waals surface area contributed by atoms with Crippen LogP contribution in [0.2, 0.25) is 0 Å². The van der Waals surface area contributed by atoms with Gasteiger partial charge < -0.3 is 9.84 Å². The van der Waals surface area contributed by atoms with Crippen LogP contribution in [0.25, 0.3) is 5.57 Å². The molecule has 0 atom stereocenters. The van der Waals surface area contributed by atoms with Crippen LogP contribution >= 0.6 is 59.6 Å². The molecule has 30 heavy (non-hydrogen) atoms. The molecular formula is C23H17Br3O3S. The number of halogens is 3. The van der Waals surface area contributed by atoms with Gasteiger partial charge in [0.25, 0.3) is 0 Å². The summed E-state index contributed by atoms with van der Waals surface area (Å²) in [6.07, 6.45) is 2.22. The number of hydrogen-bond acceptors (Lipinski definition) is 3. The predicted molar refractivity (Wildman–Crippen MR) is 133 cm³/mol. The molecule has 3 nitrogen and oxygen atoms in total. The van der Waals surface area contributed by atoms with Crippen LogP contribution in [0.3, 0.4) is 0 Å². The Morgan fingerprint density at radius 3 is 2.03 bits per heavy atom. The van der Waals surface area contributed by atoms with Gasteiger partial charge >= 0.3 is 5.97 Å². The van der Waals surface area contributed by atoms with Crippen LogP contribution in [0.5, 0.6) is 5.75 Å². The Morgan fingerprint density at radius 2 is 1.50 bits per heavy atom. The largest absolute Gasteiger partial charge is 0.481 e. The summed E-state index contributed by atoms with van der Waals surface area (Å²) < 4.78 is 8.07. The molecule has 154 valence electrons. The second-order valence-corrected chi connectivity index (χ2v) is 9.82. The molecule has 3 rings (SSSR count). The smallest absolute Gasteiger partial charge is 0.341 e. The van der Waals surface area contributed by atoms with E-state index in [1.807, 2.05) is 48.5 Å². The van der Waals surface area contributed by atoms with E-state index in [-0.39, 0.29) is 6.61 Å². The highest BCUT2D eigenvalue weighted by molar-refractivity contribution is 9.11. The van der Waals surface area contributed by atoms with E-state index in [1.54, 1.807) is 17.8 Å². The Kier molecular flexibility index (Phi) is 8.62. The highest BCUT2D eigenvalue weighted by atomic mass is 79.9. The van der Waals surface area contributed by atoms with E-state index in [4.69, 9.17) is 9.84 Å². The SMILES string of the molecule is O=C(O)COc1ccc(SCC=C(c2ccccc2Br)c2ccccc2Br)cc1Br. The summed E-state index contributed by atoms with van der Waals surface area (Å²) in [6.45, 7) is -0.366. The lowest BCUT2D eigenvalue weighted by Crippen LogP contribution is -2.09. The predicted octanol–water partition coefficient (Wildman–Crippen LogP) is 7.66. The van der Waals surface area contributed by atoms with Gasteiger partial charge in [0.2, 0.25) is 0 Å². The quantitative estimate of drug-likeness (QED) is 0.265. The molecule has 0 aliphatic heterocycles. The Bertz CT molecular complexity index is 1040. The molecule has 0 fully saturated rings. The van der Waals surface area contributed by atoms with E-state index in [1.165, 1.54) is 0 Å². The van der Waals surface area contributed by atoms with Gasteiger partial charge in [0.05, 0.1) is 4.47 Å². The fourth-order valence-corrected chi connectivity index (χ4v) is 5.22. The number of carboxylic acids is 1. The zero-order valence-electron chi connectivity index (χ0n) is 15.6. The molecule has 0 aliphatic rings. The number of ether oxygens (including phenoxy) is 1. The van der Waals surface area contributed by atoms with Crippen molar-refractivity contribution in [2.75, 3.05) is 12.4 Å². The molecule has 0 radical (unpaired) electrons. The summed E-state index contributed by atoms with van der Waals surface area (Å²) in [7, 11) is 0. The first kappa shape index (κ1) is 23.1. The first-order valence-corrected chi connectivity index (χ1v) is 12.3. The molecular weight excluding hydrogens is 596 g/mol. The summed E-state index contributed by atoms with van der Waals surface area (Å²) in [5, 5.41) is 8.76. The van der Waals surface area contributed by atoms with Crippen molar-refractivity contribution in [3.05, 3.63) is 97.4 Å². The van der Waals surface area contributed by atoms with Crippen molar-refractivity contribution in [3.8, 4) is 5.75 Å². The van der Waals surface area contributed by atoms with Gasteiger partial charge in [-0.2, -0.15) is 0 Å². The van der Waals surface area contributed by atoms with Gasteiger partial charge in [0.1, 0.15) is 5.75 Å². The van der Waals surface area contributed by atoms with Gasteiger partial charge in [0, 0.05) is 19.6 Å². The van der Waals surface area contributed by atoms with Crippen LogP contribution in [-0.4, -0.2) is 23.4 Å². The topological polar surface area (TPSA) is 46.5 Å². The van der Waals surface area contributed by atoms with Crippen molar-refractivity contribution < 1.29 is 14.6 Å². The van der Waals surface area contributed by atoms with Crippen molar-refractivity contribution >= 4 is 71.1 Å². The van der Waals surface area contributed by atoms with Crippen molar-refractivity contribution in [3.63, 3.8) is 0 Å². The maximum atomic E-state index is 10.7. The van der Waals surface area contributed by atoms with Gasteiger partial charge in [-0.25, -0.2) is 4.79 Å². The second-order valence-electron chi connectivity index (χ2n) is 6.16. The first-order chi connectivity index (χ1) is 14.5. The lowest BCUT2D eigenvalue weighted by molar-refractivity contribution is -0.139. The molecule has 7 heteroatoms. The lowest BCUT2D eigenvalue weighted by atomic mass is 9.98. The van der Waals surface area contributed by atoms with Gasteiger partial charge in [-0.3, -0.25) is 0 Å². The normalized spacial score (nSPS) is 10.5. The maximum absolute atomic E-state index is 10.7. The fraction of sp³-hybridized carbons (Fsp3) is 0.0870. The zero-order chi connectivity index (χ0) is 21.5. The van der Waals surface area contributed by atoms with Crippen LogP contribution in [0, 0.1) is 0 Å². The van der Waals surface area contributed by atoms with Gasteiger partial charge in [-0.15, -0.1) is 11.8 Å². The molecule has 0 unspecified atom stereocenters. The molecule has 3 aromatic rings. The van der Waals surface area contributed by atoms with E-state index < -0.39 is 5.97 Å². The van der Waals surface area contributed by atoms with Crippen molar-refractivity contribution in [1.82, 2.24) is 0 Å². The third-order valence-electron chi connectivity index (χ3n) is 4.12. The average molecular weight is 613 g/mol. The van der Waals surface area contributed by atoms with Gasteiger partial charge in [-0.05, 0) is 63.0 Å². The molecule has 1 N–H and O–H groups in total. The highest BCUT2D eigenvalue weighted by Crippen LogP contribution is 2.35. The van der Waals surface area contributed by atoms with Gasteiger partial charge in [-0.1, -0.05) is 74.3 Å². The molecule has 0 aromatic heterocycles. The van der Waals surface area contributed by atoms with Crippen molar-refractivity contribution in [2.45, 2.75) is 4.90 Å². The number of carboxylic acid groups (broad SMARTS) is 1. The maximum Gasteiger partial charge on any atom is 0.341 e. The third kappa shape index (κ3) is 6.23. The molecule has 0 aliphatic carbocycles. The summed E-state index contributed by atoms with van der Waals surface area (Å²) >= 11 is 12.5. The first-order valence-electron chi connectivity index (χ1n) is 8.92. The van der Waals surface area contributed by atoms with Crippen LogP contribution in [0.1, 0.15) is 11.1 Å². The summed E-state index contributed by atoms with van der Waals surface area (Å²) in [5.41, 5.74) is 3.40. The summed E-state index contributed by atoms with van der Waals surface area (Å²) in [6, 6.07) is 22.0. The number of carbonyl (C=O) groups is 1. The number of thioether (sulfide) groups is 1. The third-order valence-corrected chi connectivity index (χ3v) is 7.04. The molecule has 0 amide bonds. The molecule has 3 aromatic carbocycles. The molecule has 0 heterocycles. The van der Waals surface area contributed by atoms with Crippen LogP contribution < -0.4 is 4.74 Å². The van der Waals surface area contributed by atoms with Crippen LogP contribution in [-0.2, 0) is 4.79 Å². The van der Waals surface area contributed by atoms with E-state index in [2.05, 4.69) is 66.0 Å². The van der Waals surface area contributed by atoms with Gasteiger partial charge in [0.15, 0.2) is 6.61 Å². The zero-order valence-corrected chi connectivity index (χ0v) is 21.2. The Morgan fingerprint density at radius 1 is 0.900 bits per heavy atom. The number of hydrogen-bond donors (Lipinski definition) is 1. The van der Waals surface area contributed by atoms with Crippen LogP contribution in [0.15, 0.2) is 91.1 Å². The lowest BCUT2D eigenvalue weighted by Gasteiger charge is -2.13. The fourth-order valence-electron chi connectivity index (χ4n) is 2.77. The molecule has 0 spiro atoms. The van der Waals surface area contributed by atoms with E-state index >= 15 is 0 Å². The van der Waals surface area contributed by atoms with E-state index in [0.29, 0.717) is 5.75 Å². The van der Waals surface area contributed by atoms with Crippen molar-refractivity contribution in [1.29, 1.82) is 0 Å². The monoisotopic (exact) mass is 610 g/mol. The minimum atomic E-state index is -1.00. The molecule has 0 saturated carbocycles. The minimum absolute atomic E-state index is 0.366. The Labute approximate surface area is 204 Å². The number of benzene rings is 3. The number of rotatable bonds is 8. The molecule has 0 bridgehead atoms. The summed E-state index contributed by atoms with van der Waals surface area (Å²) in [5.74, 6) is 0.274. The summed E-state index contributed by atoms with van der Waals surface area (Å²) in [4.78, 5) is 11.7. The van der Waals surface area contributed by atoms with E-state index in [0.717, 1.165) is 40.8 Å². The number of aliphatic carboxylic acids is 1. The minimum Gasteiger partial charge on any atom is -0.481 e. The highest BCUT2D eigenvalue weighted by Gasteiger charge is 2.11. The standard InChI is InChI=1S/C23H17Br3O3S/c24-19-7-3-1-5-17(19)16(18-6-2-4-8-20(18)25)11-12-30-15-9-10-22(21(26)13-15)29-14-23(27)28/h1-11,13H,12,14H2,(H,27,28). The van der Waals surface area contributed by atoms with Crippen LogP contribution in [0.4, 0.5) is 0 Å². The van der Waals surface area contributed by atoms with E-state index in [9.17, 15) is 4.79 Å². The second kappa shape index (κ2) is 11.2. The van der Waals surface area contributed by atoms with Crippen molar-refractivity contribution in [2.24, 2.45) is 0 Å². The molecule has 0 saturated heterocycles. The Balaban J connectivity index is 1.82. The Hall–Kier alpha value is -1.54. The average Bonchev–Trinajstić information content (AvgIpc) is 2.72.